The monoisotopic (exact) mass is 161 g/mol. The predicted octanol–water partition coefficient (Wildman–Crippen LogP) is 0.272. The molecule has 60 valence electrons. The van der Waals surface area contributed by atoms with Gasteiger partial charge in [-0.05, 0) is 22.6 Å². The van der Waals surface area contributed by atoms with Gasteiger partial charge in [0.1, 0.15) is 5.69 Å². The molecule has 2 aromatic heterocycles. The van der Waals surface area contributed by atoms with Gasteiger partial charge in [0.15, 0.2) is 5.82 Å². The highest BCUT2D eigenvalue weighted by molar-refractivity contribution is 5.47. The summed E-state index contributed by atoms with van der Waals surface area (Å²) in [7, 11) is 1.78. The van der Waals surface area contributed by atoms with Gasteiger partial charge in [0, 0.05) is 13.2 Å². The second-order valence-electron chi connectivity index (χ2n) is 2.34. The summed E-state index contributed by atoms with van der Waals surface area (Å²) in [5.41, 5.74) is 0.782. The number of pyridine rings is 1. The Hall–Kier alpha value is -1.78. The zero-order valence-electron chi connectivity index (χ0n) is 6.55. The Labute approximate surface area is 69.1 Å². The van der Waals surface area contributed by atoms with E-state index in [2.05, 4.69) is 20.5 Å². The maximum absolute atomic E-state index is 4.12. The Morgan fingerprint density at radius 3 is 2.83 bits per heavy atom. The van der Waals surface area contributed by atoms with Gasteiger partial charge < -0.3 is 0 Å². The molecule has 0 saturated carbocycles. The second-order valence-corrected chi connectivity index (χ2v) is 2.34. The van der Waals surface area contributed by atoms with Crippen LogP contribution in [0.3, 0.4) is 0 Å². The molecule has 0 unspecified atom stereocenters. The van der Waals surface area contributed by atoms with Crippen LogP contribution in [0, 0.1) is 0 Å². The number of nitrogens with zero attached hydrogens (tertiary/aromatic N) is 5. The molecule has 0 aliphatic rings. The largest absolute Gasteiger partial charge is 0.253 e. The highest BCUT2D eigenvalue weighted by atomic mass is 15.5. The van der Waals surface area contributed by atoms with Crippen LogP contribution in [0.2, 0.25) is 0 Å². The van der Waals surface area contributed by atoms with Crippen LogP contribution in [0.1, 0.15) is 0 Å². The predicted molar refractivity (Wildman–Crippen MR) is 42.0 cm³/mol. The van der Waals surface area contributed by atoms with E-state index in [1.807, 2.05) is 18.2 Å². The fourth-order valence-electron chi connectivity index (χ4n) is 0.941. The molecule has 0 amide bonds. The van der Waals surface area contributed by atoms with E-state index in [1.54, 1.807) is 17.9 Å². The Kier molecular flexibility index (Phi) is 1.55. The van der Waals surface area contributed by atoms with Gasteiger partial charge >= 0.3 is 0 Å². The Balaban J connectivity index is 2.51. The van der Waals surface area contributed by atoms with Gasteiger partial charge in [-0.15, -0.1) is 5.10 Å². The van der Waals surface area contributed by atoms with Gasteiger partial charge in [-0.2, -0.15) is 0 Å². The van der Waals surface area contributed by atoms with E-state index in [4.69, 9.17) is 0 Å². The first-order valence-electron chi connectivity index (χ1n) is 3.51. The van der Waals surface area contributed by atoms with Gasteiger partial charge in [0.2, 0.25) is 0 Å². The first-order chi connectivity index (χ1) is 5.88. The number of aromatic nitrogens is 5. The molecule has 2 aromatic rings. The van der Waals surface area contributed by atoms with Crippen LogP contribution in [-0.4, -0.2) is 25.2 Å². The highest BCUT2D eigenvalue weighted by Crippen LogP contribution is 2.08. The molecule has 2 heterocycles. The third-order valence-electron chi connectivity index (χ3n) is 1.51. The van der Waals surface area contributed by atoms with E-state index >= 15 is 0 Å². The minimum atomic E-state index is 0.676. The average Bonchev–Trinajstić information content (AvgIpc) is 2.53. The lowest BCUT2D eigenvalue weighted by Gasteiger charge is -1.94. The molecular weight excluding hydrogens is 154 g/mol. The highest BCUT2D eigenvalue weighted by Gasteiger charge is 2.04. The number of aryl methyl sites for hydroxylation is 1. The first kappa shape index (κ1) is 6.90. The van der Waals surface area contributed by atoms with E-state index < -0.39 is 0 Å². The van der Waals surface area contributed by atoms with Crippen molar-refractivity contribution in [2.75, 3.05) is 0 Å². The van der Waals surface area contributed by atoms with Crippen molar-refractivity contribution in [3.05, 3.63) is 24.4 Å². The van der Waals surface area contributed by atoms with E-state index in [0.29, 0.717) is 5.82 Å². The number of hydrogen-bond donors (Lipinski definition) is 0. The van der Waals surface area contributed by atoms with E-state index in [1.165, 1.54) is 0 Å². The van der Waals surface area contributed by atoms with Crippen molar-refractivity contribution in [2.24, 2.45) is 7.05 Å². The third kappa shape index (κ3) is 1.05. The lowest BCUT2D eigenvalue weighted by molar-refractivity contribution is 0.713. The summed E-state index contributed by atoms with van der Waals surface area (Å²) in [5, 5.41) is 11.1. The minimum absolute atomic E-state index is 0.676. The van der Waals surface area contributed by atoms with E-state index in [9.17, 15) is 0 Å². The van der Waals surface area contributed by atoms with Crippen molar-refractivity contribution in [2.45, 2.75) is 0 Å². The van der Waals surface area contributed by atoms with Crippen molar-refractivity contribution in [3.63, 3.8) is 0 Å². The smallest absolute Gasteiger partial charge is 0.200 e. The summed E-state index contributed by atoms with van der Waals surface area (Å²) in [6.45, 7) is 0. The molecule has 0 aliphatic heterocycles. The molecule has 0 spiro atoms. The SMILES string of the molecule is Cn1nnnc1-c1ccccn1. The Morgan fingerprint density at radius 1 is 1.33 bits per heavy atom. The number of tetrazole rings is 1. The molecule has 0 aliphatic carbocycles. The first-order valence-corrected chi connectivity index (χ1v) is 3.51. The summed E-state index contributed by atoms with van der Waals surface area (Å²) in [6, 6.07) is 5.62. The van der Waals surface area contributed by atoms with Crippen LogP contribution in [0.15, 0.2) is 24.4 Å². The fraction of sp³-hybridized carbons (Fsp3) is 0.143. The third-order valence-corrected chi connectivity index (χ3v) is 1.51. The lowest BCUT2D eigenvalue weighted by Crippen LogP contribution is -1.95. The number of hydrogen-bond acceptors (Lipinski definition) is 4. The molecule has 2 rings (SSSR count). The van der Waals surface area contributed by atoms with Gasteiger partial charge in [0.25, 0.3) is 0 Å². The van der Waals surface area contributed by atoms with Gasteiger partial charge in [-0.25, -0.2) is 4.68 Å². The molecule has 0 saturated heterocycles. The summed E-state index contributed by atoms with van der Waals surface area (Å²) in [5.74, 6) is 0.676. The summed E-state index contributed by atoms with van der Waals surface area (Å²) >= 11 is 0. The van der Waals surface area contributed by atoms with Crippen molar-refractivity contribution in [1.29, 1.82) is 0 Å². The van der Waals surface area contributed by atoms with Crippen LogP contribution in [0.4, 0.5) is 0 Å². The van der Waals surface area contributed by atoms with Crippen LogP contribution in [-0.2, 0) is 7.05 Å². The van der Waals surface area contributed by atoms with Crippen LogP contribution < -0.4 is 0 Å². The summed E-state index contributed by atoms with van der Waals surface area (Å²) < 4.78 is 1.59. The fourth-order valence-corrected chi connectivity index (χ4v) is 0.941. The molecule has 0 aromatic carbocycles. The Morgan fingerprint density at radius 2 is 2.25 bits per heavy atom. The molecule has 12 heavy (non-hydrogen) atoms. The maximum atomic E-state index is 4.12. The standard InChI is InChI=1S/C7H7N5/c1-12-7(9-10-11-12)6-4-2-3-5-8-6/h2-5H,1H3. The molecule has 0 N–H and O–H groups in total. The van der Waals surface area contributed by atoms with Gasteiger partial charge in [-0.1, -0.05) is 6.07 Å². The second kappa shape index (κ2) is 2.69. The topological polar surface area (TPSA) is 56.5 Å². The molecule has 0 fully saturated rings. The van der Waals surface area contributed by atoms with Crippen molar-refractivity contribution in [3.8, 4) is 11.5 Å². The van der Waals surface area contributed by atoms with Crippen molar-refractivity contribution in [1.82, 2.24) is 25.2 Å². The maximum Gasteiger partial charge on any atom is 0.200 e. The lowest BCUT2D eigenvalue weighted by atomic mass is 10.3. The summed E-state index contributed by atoms with van der Waals surface area (Å²) in [6.07, 6.45) is 1.71. The van der Waals surface area contributed by atoms with Crippen molar-refractivity contribution >= 4 is 0 Å². The molecule has 5 nitrogen and oxygen atoms in total. The number of rotatable bonds is 1. The average molecular weight is 161 g/mol. The van der Waals surface area contributed by atoms with Crippen molar-refractivity contribution < 1.29 is 0 Å². The van der Waals surface area contributed by atoms with E-state index in [-0.39, 0.29) is 0 Å². The van der Waals surface area contributed by atoms with Crippen LogP contribution >= 0.6 is 0 Å². The van der Waals surface area contributed by atoms with Crippen LogP contribution in [0.25, 0.3) is 11.5 Å². The molecule has 0 bridgehead atoms. The quantitative estimate of drug-likeness (QED) is 0.602. The molecule has 0 radical (unpaired) electrons. The minimum Gasteiger partial charge on any atom is -0.253 e. The Bertz CT molecular complexity index is 366. The molecule has 5 heteroatoms. The normalized spacial score (nSPS) is 10.1. The molecule has 0 atom stereocenters. The summed E-state index contributed by atoms with van der Waals surface area (Å²) in [4.78, 5) is 4.12. The molecular formula is C7H7N5. The van der Waals surface area contributed by atoms with Gasteiger partial charge in [0.05, 0.1) is 0 Å². The zero-order chi connectivity index (χ0) is 8.39. The van der Waals surface area contributed by atoms with Crippen LogP contribution in [0.5, 0.6) is 0 Å². The zero-order valence-corrected chi connectivity index (χ0v) is 6.55. The van der Waals surface area contributed by atoms with Gasteiger partial charge in [-0.3, -0.25) is 4.98 Å². The van der Waals surface area contributed by atoms with E-state index in [0.717, 1.165) is 5.69 Å².